The Hall–Kier alpha value is -2.02. The average Bonchev–Trinajstić information content (AvgIpc) is 2.74. The maximum Gasteiger partial charge on any atom is 0.142 e. The van der Waals surface area contributed by atoms with Crippen LogP contribution in [0.1, 0.15) is 18.1 Å². The molecule has 158 valence electrons. The van der Waals surface area contributed by atoms with Crippen LogP contribution in [-0.2, 0) is 0 Å². The number of hydrogen-bond donors (Lipinski definition) is 0. The van der Waals surface area contributed by atoms with Gasteiger partial charge in [-0.2, -0.15) is 0 Å². The first-order chi connectivity index (χ1) is 14.0. The van der Waals surface area contributed by atoms with Crippen LogP contribution in [0, 0.1) is 5.82 Å². The molecule has 29 heavy (non-hydrogen) atoms. The number of nitrogens with zero attached hydrogens (tertiary/aromatic N) is 2. The summed E-state index contributed by atoms with van der Waals surface area (Å²) in [5.41, 5.74) is 0.890. The highest BCUT2D eigenvalue weighted by molar-refractivity contribution is 6.30. The molecule has 5 nitrogen and oxygen atoms in total. The molecule has 1 fully saturated rings. The number of rotatable bonds is 8. The van der Waals surface area contributed by atoms with Gasteiger partial charge >= 0.3 is 0 Å². The van der Waals surface area contributed by atoms with E-state index in [9.17, 15) is 4.39 Å². The van der Waals surface area contributed by atoms with Gasteiger partial charge in [0, 0.05) is 50.8 Å². The van der Waals surface area contributed by atoms with E-state index in [4.69, 9.17) is 25.8 Å². The molecule has 0 aromatic heterocycles. The van der Waals surface area contributed by atoms with Gasteiger partial charge in [-0.15, -0.1) is 0 Å². The summed E-state index contributed by atoms with van der Waals surface area (Å²) in [6.07, 6.45) is 0.462. The molecule has 1 aliphatic heterocycles. The second-order valence-corrected chi connectivity index (χ2v) is 7.63. The van der Waals surface area contributed by atoms with Crippen LogP contribution in [0.25, 0.3) is 0 Å². The molecular formula is C22H28ClFN2O3. The van der Waals surface area contributed by atoms with Crippen molar-refractivity contribution in [2.45, 2.75) is 12.5 Å². The predicted molar refractivity (Wildman–Crippen MR) is 113 cm³/mol. The molecule has 1 saturated heterocycles. The third kappa shape index (κ3) is 5.75. The largest absolute Gasteiger partial charge is 0.497 e. The summed E-state index contributed by atoms with van der Waals surface area (Å²) in [6.45, 7) is 5.05. The van der Waals surface area contributed by atoms with Gasteiger partial charge < -0.3 is 24.0 Å². The van der Waals surface area contributed by atoms with Crippen molar-refractivity contribution in [2.75, 3.05) is 54.0 Å². The Morgan fingerprint density at radius 2 is 1.72 bits per heavy atom. The van der Waals surface area contributed by atoms with E-state index in [1.807, 2.05) is 18.2 Å². The quantitative estimate of drug-likeness (QED) is 0.635. The van der Waals surface area contributed by atoms with Crippen molar-refractivity contribution in [1.82, 2.24) is 9.80 Å². The Balaban J connectivity index is 1.83. The van der Waals surface area contributed by atoms with E-state index < -0.39 is 5.82 Å². The highest BCUT2D eigenvalue weighted by atomic mass is 35.5. The molecule has 1 atom stereocenters. The first kappa shape index (κ1) is 21.7. The van der Waals surface area contributed by atoms with E-state index in [0.717, 1.165) is 56.2 Å². The molecule has 1 unspecified atom stereocenters. The summed E-state index contributed by atoms with van der Waals surface area (Å²) in [5, 5.41) is 0.0397. The number of hydrogen-bond acceptors (Lipinski definition) is 5. The lowest BCUT2D eigenvalue weighted by Gasteiger charge is -2.33. The highest BCUT2D eigenvalue weighted by Gasteiger charge is 2.22. The molecule has 0 spiro atoms. The first-order valence-electron chi connectivity index (χ1n) is 9.74. The normalized spacial score (nSPS) is 16.4. The molecule has 3 rings (SSSR count). The Morgan fingerprint density at radius 1 is 1.00 bits per heavy atom. The lowest BCUT2D eigenvalue weighted by atomic mass is 10.0. The fraction of sp³-hybridized carbons (Fsp3) is 0.455. The van der Waals surface area contributed by atoms with Gasteiger partial charge in [0.1, 0.15) is 29.2 Å². The molecule has 0 amide bonds. The number of likely N-dealkylation sites (N-methyl/N-ethyl adjacent to an activating group) is 1. The Labute approximate surface area is 176 Å². The molecule has 0 N–H and O–H groups in total. The second kappa shape index (κ2) is 10.1. The zero-order valence-electron chi connectivity index (χ0n) is 17.2. The van der Waals surface area contributed by atoms with Crippen molar-refractivity contribution in [3.05, 3.63) is 52.8 Å². The van der Waals surface area contributed by atoms with Crippen LogP contribution in [0.4, 0.5) is 4.39 Å². The number of methoxy groups -OCH3 is 2. The van der Waals surface area contributed by atoms with E-state index in [0.29, 0.717) is 5.75 Å². The third-order valence-corrected chi connectivity index (χ3v) is 5.55. The maximum atomic E-state index is 13.6. The lowest BCUT2D eigenvalue weighted by molar-refractivity contribution is 0.122. The van der Waals surface area contributed by atoms with Crippen LogP contribution >= 0.6 is 11.6 Å². The Morgan fingerprint density at radius 3 is 2.38 bits per heavy atom. The van der Waals surface area contributed by atoms with Crippen molar-refractivity contribution in [3.8, 4) is 17.2 Å². The van der Waals surface area contributed by atoms with Gasteiger partial charge in [-0.25, -0.2) is 4.39 Å². The minimum absolute atomic E-state index is 0.0397. The summed E-state index contributed by atoms with van der Waals surface area (Å²) in [4.78, 5) is 4.76. The topological polar surface area (TPSA) is 34.2 Å². The van der Waals surface area contributed by atoms with E-state index in [1.54, 1.807) is 20.3 Å². The Bertz CT molecular complexity index is 813. The van der Waals surface area contributed by atoms with Crippen LogP contribution in [-0.4, -0.2) is 63.8 Å². The summed E-state index contributed by atoms with van der Waals surface area (Å²) < 4.78 is 30.8. The summed E-state index contributed by atoms with van der Waals surface area (Å²) in [5.74, 6) is 1.50. The van der Waals surface area contributed by atoms with Crippen LogP contribution in [0.3, 0.4) is 0 Å². The fourth-order valence-corrected chi connectivity index (χ4v) is 3.63. The molecule has 2 aromatic rings. The predicted octanol–water partition coefficient (Wildman–Crippen LogP) is 4.25. The smallest absolute Gasteiger partial charge is 0.142 e. The van der Waals surface area contributed by atoms with E-state index in [2.05, 4.69) is 16.8 Å². The van der Waals surface area contributed by atoms with Crippen molar-refractivity contribution in [1.29, 1.82) is 0 Å². The number of benzene rings is 2. The summed E-state index contributed by atoms with van der Waals surface area (Å²) in [7, 11) is 5.41. The highest BCUT2D eigenvalue weighted by Crippen LogP contribution is 2.35. The molecule has 0 bridgehead atoms. The lowest BCUT2D eigenvalue weighted by Crippen LogP contribution is -2.45. The van der Waals surface area contributed by atoms with Gasteiger partial charge in [0.15, 0.2) is 0 Å². The van der Waals surface area contributed by atoms with Crippen molar-refractivity contribution >= 4 is 11.6 Å². The van der Waals surface area contributed by atoms with Gasteiger partial charge in [-0.3, -0.25) is 0 Å². The molecule has 0 aliphatic carbocycles. The zero-order valence-corrected chi connectivity index (χ0v) is 17.9. The number of halogens is 2. The molecule has 2 aromatic carbocycles. The minimum Gasteiger partial charge on any atom is -0.497 e. The molecule has 1 heterocycles. The molecule has 0 radical (unpaired) electrons. The standard InChI is InChI=1S/C22H28ClFN2O3/c1-25-10-12-26(13-11-25)9-8-22(29-17-4-6-20(24)19(23)15-17)18-14-16(27-2)5-7-21(18)28-3/h4-7,14-15,22H,8-13H2,1-3H3. The van der Waals surface area contributed by atoms with Crippen LogP contribution in [0.5, 0.6) is 17.2 Å². The monoisotopic (exact) mass is 422 g/mol. The van der Waals surface area contributed by atoms with Crippen molar-refractivity contribution in [2.24, 2.45) is 0 Å². The van der Waals surface area contributed by atoms with Gasteiger partial charge in [0.2, 0.25) is 0 Å². The van der Waals surface area contributed by atoms with E-state index in [1.165, 1.54) is 12.1 Å². The zero-order chi connectivity index (χ0) is 20.8. The molecule has 7 heteroatoms. The van der Waals surface area contributed by atoms with Gasteiger partial charge in [-0.05, 0) is 37.4 Å². The third-order valence-electron chi connectivity index (χ3n) is 5.26. The van der Waals surface area contributed by atoms with E-state index >= 15 is 0 Å². The van der Waals surface area contributed by atoms with Gasteiger partial charge in [0.05, 0.1) is 19.2 Å². The Kier molecular flexibility index (Phi) is 7.58. The first-order valence-corrected chi connectivity index (χ1v) is 10.1. The number of piperazine rings is 1. The summed E-state index contributed by atoms with van der Waals surface area (Å²) >= 11 is 5.95. The average molecular weight is 423 g/mol. The van der Waals surface area contributed by atoms with Crippen molar-refractivity contribution < 1.29 is 18.6 Å². The van der Waals surface area contributed by atoms with Crippen LogP contribution in [0.15, 0.2) is 36.4 Å². The van der Waals surface area contributed by atoms with Crippen LogP contribution < -0.4 is 14.2 Å². The second-order valence-electron chi connectivity index (χ2n) is 7.22. The minimum atomic E-state index is -0.466. The van der Waals surface area contributed by atoms with Gasteiger partial charge in [-0.1, -0.05) is 11.6 Å². The molecule has 0 saturated carbocycles. The summed E-state index contributed by atoms with van der Waals surface area (Å²) in [6, 6.07) is 10.1. The number of ether oxygens (including phenoxy) is 3. The van der Waals surface area contributed by atoms with Crippen molar-refractivity contribution in [3.63, 3.8) is 0 Å². The SMILES string of the molecule is COc1ccc(OC)c(C(CCN2CCN(C)CC2)Oc2ccc(F)c(Cl)c2)c1. The molecule has 1 aliphatic rings. The maximum absolute atomic E-state index is 13.6. The van der Waals surface area contributed by atoms with Crippen LogP contribution in [0.2, 0.25) is 5.02 Å². The molecular weight excluding hydrogens is 395 g/mol. The fourth-order valence-electron chi connectivity index (χ4n) is 3.45. The van der Waals surface area contributed by atoms with E-state index in [-0.39, 0.29) is 11.1 Å². The van der Waals surface area contributed by atoms with Gasteiger partial charge in [0.25, 0.3) is 0 Å².